The van der Waals surface area contributed by atoms with Crippen LogP contribution in [-0.2, 0) is 39.4 Å². The van der Waals surface area contributed by atoms with Gasteiger partial charge in [-0.15, -0.1) is 0 Å². The molecule has 0 aromatic heterocycles. The van der Waals surface area contributed by atoms with Gasteiger partial charge in [-0.05, 0) is 49.4 Å². The van der Waals surface area contributed by atoms with Gasteiger partial charge >= 0.3 is 113 Å². The third kappa shape index (κ3) is 24.5. The average Bonchev–Trinajstić information content (AvgIpc) is 3.09. The summed E-state index contributed by atoms with van der Waals surface area (Å²) in [7, 11) is -10.9. The molecule has 0 saturated carbocycles. The third-order valence-corrected chi connectivity index (χ3v) is 14.0. The van der Waals surface area contributed by atoms with Crippen LogP contribution in [0.25, 0.3) is 0 Å². The van der Waals surface area contributed by atoms with Gasteiger partial charge in [0.2, 0.25) is 0 Å². The number of carbonyl (C=O) groups is 4. The Hall–Kier alpha value is 1.48. The summed E-state index contributed by atoms with van der Waals surface area (Å²) in [5, 5.41) is 42.6. The van der Waals surface area contributed by atoms with E-state index in [1.165, 1.54) is 0 Å². The van der Waals surface area contributed by atoms with Crippen molar-refractivity contribution >= 4 is 157 Å². The molecule has 0 fully saturated rings. The quantitative estimate of drug-likeness (QED) is 0.0690. The molecule has 0 aromatic carbocycles. The zero-order chi connectivity index (χ0) is 43.9. The fourth-order valence-corrected chi connectivity index (χ4v) is 10.4. The van der Waals surface area contributed by atoms with E-state index in [0.717, 1.165) is 51.4 Å². The van der Waals surface area contributed by atoms with E-state index >= 15 is 0 Å². The van der Waals surface area contributed by atoms with Crippen LogP contribution in [0, 0.1) is 34.5 Å². The smallest absolute Gasteiger partial charge is 0.747 e. The van der Waals surface area contributed by atoms with Crippen molar-refractivity contribution in [2.75, 3.05) is 0 Å². The zero-order valence-electron chi connectivity index (χ0n) is 37.3. The molecule has 0 aliphatic heterocycles. The second-order valence-electron chi connectivity index (χ2n) is 15.8. The van der Waals surface area contributed by atoms with E-state index in [2.05, 4.69) is 0 Å². The number of aliphatic carboxylic acids is 4. The molecule has 6 atom stereocenters. The number of unbranched alkanes of at least 4 members (excludes halogenated alkanes) is 4. The summed E-state index contributed by atoms with van der Waals surface area (Å²) in [5.41, 5.74) is -4.58. The molecule has 0 aliphatic carbocycles. The van der Waals surface area contributed by atoms with E-state index in [0.29, 0.717) is 51.4 Å². The topological polar surface area (TPSA) is 275 Å². The van der Waals surface area contributed by atoms with E-state index in [1.54, 1.807) is 0 Å². The first-order chi connectivity index (χ1) is 26.0. The summed E-state index contributed by atoms with van der Waals surface area (Å²) in [6, 6.07) is 0. The Morgan fingerprint density at radius 1 is 0.424 bits per heavy atom. The van der Waals surface area contributed by atoms with Gasteiger partial charge in [0.15, 0.2) is 0 Å². The van der Waals surface area contributed by atoms with Crippen molar-refractivity contribution in [2.24, 2.45) is 34.5 Å². The van der Waals surface area contributed by atoms with E-state index in [4.69, 9.17) is 0 Å². The number of carboxylic acids is 4. The number of carboxylic acid groups (broad SMARTS) is 4. The second-order valence-corrected chi connectivity index (χ2v) is 18.7. The molecular formula is C40H70Ca3O14S2. The molecule has 0 bridgehead atoms. The fraction of sp³-hybridized carbons (Fsp3) is 0.900. The number of carbonyl (C=O) groups excluding carboxylic acids is 4. The van der Waals surface area contributed by atoms with Crippen molar-refractivity contribution < 1.29 is 65.5 Å². The van der Waals surface area contributed by atoms with E-state index in [1.807, 2.05) is 55.4 Å². The summed E-state index contributed by atoms with van der Waals surface area (Å²) in [6.45, 7) is 15.3. The van der Waals surface area contributed by atoms with Crippen LogP contribution in [0.15, 0.2) is 0 Å². The summed E-state index contributed by atoms with van der Waals surface area (Å²) in [5.74, 6) is -8.76. The Kier molecular flexibility index (Phi) is 42.1. The molecule has 0 amide bonds. The van der Waals surface area contributed by atoms with Crippen molar-refractivity contribution in [2.45, 2.75) is 194 Å². The summed E-state index contributed by atoms with van der Waals surface area (Å²) in [4.78, 5) is 47.9. The summed E-state index contributed by atoms with van der Waals surface area (Å²) < 4.78 is 70.9. The second kappa shape index (κ2) is 35.7. The molecule has 0 saturated heterocycles. The molecule has 0 rings (SSSR count). The van der Waals surface area contributed by atoms with Gasteiger partial charge in [-0.25, -0.2) is 16.8 Å². The van der Waals surface area contributed by atoms with E-state index < -0.39 is 65.4 Å². The van der Waals surface area contributed by atoms with Gasteiger partial charge in [-0.3, -0.25) is 0 Å². The predicted octanol–water partition coefficient (Wildman–Crippen LogP) is 2.06. The number of hydrogen-bond donors (Lipinski definition) is 0. The van der Waals surface area contributed by atoms with Gasteiger partial charge < -0.3 is 48.7 Å². The molecule has 0 N–H and O–H groups in total. The SMILES string of the molecule is CCCCC(CC)CC(CC(CC)CCCC)(C(=O)[O-])C(C(=O)[O-])S(=O)(=O)[O-].CCCCC(CC)CC(CC(CC)CCCC)(C(=O)[O-])C(C(=O)[O-])S(=O)(=O)[O-].[Ca+2].[Ca+2].[Ca+2]. The summed E-state index contributed by atoms with van der Waals surface area (Å²) in [6.07, 6.45) is 10.6. The molecule has 0 spiro atoms. The maximum atomic E-state index is 12.3. The minimum Gasteiger partial charge on any atom is -0.747 e. The zero-order valence-corrected chi connectivity index (χ0v) is 45.5. The van der Waals surface area contributed by atoms with Gasteiger partial charge in [0.1, 0.15) is 20.2 Å². The molecule has 0 aliphatic rings. The number of rotatable bonds is 32. The standard InChI is InChI=1S/2C20H38O7S.3Ca/c2*1-5-9-11-15(7-3)13-20(19(23)24,14-16(8-4)12-10-6-2)17(18(21)22)28(25,26)27;;;/h2*15-17H,5-14H2,1-4H3,(H,21,22)(H,23,24)(H,25,26,27);;;/q;;3*+2/p-6. The van der Waals surface area contributed by atoms with Gasteiger partial charge in [0, 0.05) is 22.8 Å². The van der Waals surface area contributed by atoms with Crippen LogP contribution in [0.2, 0.25) is 0 Å². The van der Waals surface area contributed by atoms with Crippen LogP contribution in [0.5, 0.6) is 0 Å². The van der Waals surface area contributed by atoms with Crippen LogP contribution >= 0.6 is 0 Å². The molecule has 19 heteroatoms. The van der Waals surface area contributed by atoms with E-state index in [-0.39, 0.29) is 163 Å². The van der Waals surface area contributed by atoms with Crippen molar-refractivity contribution in [1.82, 2.24) is 0 Å². The first-order valence-electron chi connectivity index (χ1n) is 20.7. The average molecular weight is 959 g/mol. The largest absolute Gasteiger partial charge is 2.00 e. The first-order valence-corrected chi connectivity index (χ1v) is 23.7. The Morgan fingerprint density at radius 2 is 0.610 bits per heavy atom. The van der Waals surface area contributed by atoms with Gasteiger partial charge in [-0.2, -0.15) is 0 Å². The van der Waals surface area contributed by atoms with Crippen LogP contribution in [-0.4, -0.2) is 174 Å². The minimum atomic E-state index is -5.45. The molecule has 14 nitrogen and oxygen atoms in total. The van der Waals surface area contributed by atoms with Crippen molar-refractivity contribution in [3.05, 3.63) is 0 Å². The van der Waals surface area contributed by atoms with Crippen LogP contribution in [0.3, 0.4) is 0 Å². The molecular weight excluding hydrogens is 889 g/mol. The van der Waals surface area contributed by atoms with Crippen molar-refractivity contribution in [3.63, 3.8) is 0 Å². The van der Waals surface area contributed by atoms with Crippen molar-refractivity contribution in [3.8, 4) is 0 Å². The predicted molar refractivity (Wildman–Crippen MR) is 221 cm³/mol. The molecule has 0 radical (unpaired) electrons. The monoisotopic (exact) mass is 958 g/mol. The molecule has 332 valence electrons. The Bertz CT molecular complexity index is 1260. The van der Waals surface area contributed by atoms with Crippen LogP contribution in [0.4, 0.5) is 0 Å². The fourth-order valence-electron chi connectivity index (χ4n) is 8.22. The Morgan fingerprint density at radius 3 is 0.712 bits per heavy atom. The molecule has 0 heterocycles. The van der Waals surface area contributed by atoms with Gasteiger partial charge in [0.05, 0.1) is 22.4 Å². The van der Waals surface area contributed by atoms with E-state index in [9.17, 15) is 65.5 Å². The van der Waals surface area contributed by atoms with Crippen LogP contribution in [0.1, 0.15) is 184 Å². The minimum absolute atomic E-state index is 0. The molecule has 6 unspecified atom stereocenters. The molecule has 59 heavy (non-hydrogen) atoms. The maximum Gasteiger partial charge on any atom is 2.00 e. The van der Waals surface area contributed by atoms with Crippen LogP contribution < -0.4 is 20.4 Å². The van der Waals surface area contributed by atoms with Gasteiger partial charge in [0.25, 0.3) is 0 Å². The number of hydrogen-bond acceptors (Lipinski definition) is 14. The maximum absolute atomic E-state index is 12.3. The van der Waals surface area contributed by atoms with Gasteiger partial charge in [-0.1, -0.05) is 158 Å². The normalized spacial score (nSPS) is 16.6. The van der Waals surface area contributed by atoms with Crippen molar-refractivity contribution in [1.29, 1.82) is 0 Å². The summed E-state index contributed by atoms with van der Waals surface area (Å²) >= 11 is 0. The molecule has 0 aromatic rings. The third-order valence-electron chi connectivity index (χ3n) is 11.6. The Balaban J connectivity index is -0.000000314. The Labute approximate surface area is 445 Å². The first kappa shape index (κ1) is 69.5.